The average Bonchev–Trinajstić information content (AvgIpc) is 2.97. The van der Waals surface area contributed by atoms with E-state index in [1.165, 1.54) is 0 Å². The predicted octanol–water partition coefficient (Wildman–Crippen LogP) is 2.32. The van der Waals surface area contributed by atoms with Crippen LogP contribution in [-0.4, -0.2) is 17.6 Å². The van der Waals surface area contributed by atoms with Crippen molar-refractivity contribution in [1.82, 2.24) is 0 Å². The molecule has 4 N–H and O–H groups in total. The number of nitrogens with two attached hydrogens (primary N) is 1. The van der Waals surface area contributed by atoms with Crippen molar-refractivity contribution in [3.63, 3.8) is 0 Å². The summed E-state index contributed by atoms with van der Waals surface area (Å²) in [4.78, 5) is 10.7. The molecule has 0 heterocycles. The van der Waals surface area contributed by atoms with Crippen LogP contribution in [0.4, 0.5) is 15.8 Å². The van der Waals surface area contributed by atoms with E-state index in [0.29, 0.717) is 5.69 Å². The maximum Gasteiger partial charge on any atom is 0.338 e. The summed E-state index contributed by atoms with van der Waals surface area (Å²) in [5.74, 6) is -2.08. The van der Waals surface area contributed by atoms with Gasteiger partial charge in [-0.2, -0.15) is 0 Å². The molecule has 0 spiro atoms. The van der Waals surface area contributed by atoms with Crippen molar-refractivity contribution in [2.24, 2.45) is 5.41 Å². The molecule has 1 aliphatic carbocycles. The van der Waals surface area contributed by atoms with Gasteiger partial charge in [-0.25, -0.2) is 9.18 Å². The number of carboxylic acid groups (broad SMARTS) is 1. The van der Waals surface area contributed by atoms with E-state index >= 15 is 0 Å². The highest BCUT2D eigenvalue weighted by Crippen LogP contribution is 2.45. The molecule has 1 aliphatic rings. The summed E-state index contributed by atoms with van der Waals surface area (Å²) >= 11 is 0. The quantitative estimate of drug-likeness (QED) is 0.704. The van der Waals surface area contributed by atoms with Gasteiger partial charge in [-0.1, -0.05) is 6.92 Å². The van der Waals surface area contributed by atoms with E-state index in [4.69, 9.17) is 10.8 Å². The lowest BCUT2D eigenvalue weighted by molar-refractivity contribution is 0.0692. The molecule has 0 radical (unpaired) electrons. The van der Waals surface area contributed by atoms with E-state index in [0.717, 1.165) is 31.5 Å². The SMILES string of the molecule is CC1(CNc2cc(F)c(C(=O)O)cc2N)CC1. The third-order valence-corrected chi connectivity index (χ3v) is 3.18. The number of anilines is 2. The highest BCUT2D eigenvalue weighted by molar-refractivity contribution is 5.90. The van der Waals surface area contributed by atoms with Crippen molar-refractivity contribution in [2.45, 2.75) is 19.8 Å². The minimum absolute atomic E-state index is 0.257. The third-order valence-electron chi connectivity index (χ3n) is 3.18. The van der Waals surface area contributed by atoms with Gasteiger partial charge in [-0.3, -0.25) is 0 Å². The van der Waals surface area contributed by atoms with Gasteiger partial charge < -0.3 is 16.2 Å². The Morgan fingerprint density at radius 1 is 1.59 bits per heavy atom. The standard InChI is InChI=1S/C12H15FN2O2/c1-12(2-3-12)6-15-10-5-8(13)7(11(16)17)4-9(10)14/h4-5,15H,2-3,6,14H2,1H3,(H,16,17). The smallest absolute Gasteiger partial charge is 0.338 e. The lowest BCUT2D eigenvalue weighted by Crippen LogP contribution is -2.14. The monoisotopic (exact) mass is 238 g/mol. The summed E-state index contributed by atoms with van der Waals surface area (Å²) in [6.45, 7) is 2.86. The maximum atomic E-state index is 13.4. The van der Waals surface area contributed by atoms with Gasteiger partial charge in [-0.05, 0) is 30.4 Å². The van der Waals surface area contributed by atoms with Crippen LogP contribution < -0.4 is 11.1 Å². The summed E-state index contributed by atoms with van der Waals surface area (Å²) in [7, 11) is 0. The van der Waals surface area contributed by atoms with Crippen LogP contribution in [0.3, 0.4) is 0 Å². The normalized spacial score (nSPS) is 16.6. The summed E-state index contributed by atoms with van der Waals surface area (Å²) in [5.41, 5.74) is 6.28. The van der Waals surface area contributed by atoms with Crippen molar-refractivity contribution in [3.05, 3.63) is 23.5 Å². The second kappa shape index (κ2) is 3.91. The Bertz CT molecular complexity index is 470. The second-order valence-electron chi connectivity index (χ2n) is 4.89. The average molecular weight is 238 g/mol. The predicted molar refractivity (Wildman–Crippen MR) is 63.6 cm³/mol. The molecular weight excluding hydrogens is 223 g/mol. The molecule has 0 atom stereocenters. The Morgan fingerprint density at radius 2 is 2.24 bits per heavy atom. The highest BCUT2D eigenvalue weighted by Gasteiger charge is 2.36. The molecule has 0 saturated heterocycles. The zero-order chi connectivity index (χ0) is 12.6. The molecule has 17 heavy (non-hydrogen) atoms. The van der Waals surface area contributed by atoms with Crippen molar-refractivity contribution in [3.8, 4) is 0 Å². The molecule has 4 nitrogen and oxygen atoms in total. The van der Waals surface area contributed by atoms with Crippen LogP contribution in [0.5, 0.6) is 0 Å². The fourth-order valence-electron chi connectivity index (χ4n) is 1.61. The molecule has 92 valence electrons. The summed E-state index contributed by atoms with van der Waals surface area (Å²) in [5, 5.41) is 11.8. The number of nitrogens with one attached hydrogen (secondary N) is 1. The van der Waals surface area contributed by atoms with Gasteiger partial charge in [0.1, 0.15) is 5.82 Å². The third kappa shape index (κ3) is 2.49. The van der Waals surface area contributed by atoms with E-state index in [9.17, 15) is 9.18 Å². The van der Waals surface area contributed by atoms with Crippen molar-refractivity contribution >= 4 is 17.3 Å². The lowest BCUT2D eigenvalue weighted by atomic mass is 10.1. The van der Waals surface area contributed by atoms with Gasteiger partial charge in [0, 0.05) is 6.54 Å². The molecule has 1 saturated carbocycles. The largest absolute Gasteiger partial charge is 0.478 e. The zero-order valence-corrected chi connectivity index (χ0v) is 9.59. The molecule has 1 aromatic carbocycles. The van der Waals surface area contributed by atoms with Crippen LogP contribution in [0.25, 0.3) is 0 Å². The van der Waals surface area contributed by atoms with Gasteiger partial charge >= 0.3 is 5.97 Å². The topological polar surface area (TPSA) is 75.3 Å². The van der Waals surface area contributed by atoms with E-state index in [1.54, 1.807) is 0 Å². The van der Waals surface area contributed by atoms with Crippen LogP contribution in [-0.2, 0) is 0 Å². The first-order valence-electron chi connectivity index (χ1n) is 5.47. The number of carboxylic acids is 1. The molecule has 0 unspecified atom stereocenters. The molecular formula is C12H15FN2O2. The number of carbonyl (C=O) groups is 1. The number of benzene rings is 1. The Balaban J connectivity index is 2.17. The van der Waals surface area contributed by atoms with Crippen LogP contribution in [0.1, 0.15) is 30.1 Å². The van der Waals surface area contributed by atoms with Gasteiger partial charge in [-0.15, -0.1) is 0 Å². The van der Waals surface area contributed by atoms with Gasteiger partial charge in [0.2, 0.25) is 0 Å². The van der Waals surface area contributed by atoms with E-state index < -0.39 is 17.3 Å². The molecule has 0 aliphatic heterocycles. The minimum Gasteiger partial charge on any atom is -0.478 e. The van der Waals surface area contributed by atoms with Crippen molar-refractivity contribution in [2.75, 3.05) is 17.6 Å². The Kier molecular flexibility index (Phi) is 2.69. The Hall–Kier alpha value is -1.78. The molecule has 0 amide bonds. The molecule has 1 fully saturated rings. The van der Waals surface area contributed by atoms with E-state index in [1.807, 2.05) is 0 Å². The maximum absolute atomic E-state index is 13.4. The summed E-state index contributed by atoms with van der Waals surface area (Å²) in [6.07, 6.45) is 2.30. The van der Waals surface area contributed by atoms with E-state index in [-0.39, 0.29) is 11.1 Å². The van der Waals surface area contributed by atoms with Crippen LogP contribution in [0.15, 0.2) is 12.1 Å². The fourth-order valence-corrected chi connectivity index (χ4v) is 1.61. The van der Waals surface area contributed by atoms with Crippen LogP contribution >= 0.6 is 0 Å². The molecule has 0 bridgehead atoms. The van der Waals surface area contributed by atoms with E-state index in [2.05, 4.69) is 12.2 Å². The summed E-state index contributed by atoms with van der Waals surface area (Å²) < 4.78 is 13.4. The lowest BCUT2D eigenvalue weighted by Gasteiger charge is -2.14. The molecule has 2 rings (SSSR count). The van der Waals surface area contributed by atoms with Crippen molar-refractivity contribution in [1.29, 1.82) is 0 Å². The Labute approximate surface area is 98.6 Å². The number of nitrogen functional groups attached to an aromatic ring is 1. The molecule has 0 aromatic heterocycles. The number of hydrogen-bond acceptors (Lipinski definition) is 3. The van der Waals surface area contributed by atoms with Gasteiger partial charge in [0.25, 0.3) is 0 Å². The zero-order valence-electron chi connectivity index (χ0n) is 9.59. The molecule has 5 heteroatoms. The first-order chi connectivity index (χ1) is 7.91. The van der Waals surface area contributed by atoms with Crippen molar-refractivity contribution < 1.29 is 14.3 Å². The summed E-state index contributed by atoms with van der Waals surface area (Å²) in [6, 6.07) is 2.29. The Morgan fingerprint density at radius 3 is 2.76 bits per heavy atom. The number of rotatable bonds is 4. The van der Waals surface area contributed by atoms with Crippen LogP contribution in [0.2, 0.25) is 0 Å². The highest BCUT2D eigenvalue weighted by atomic mass is 19.1. The first-order valence-corrected chi connectivity index (χ1v) is 5.47. The van der Waals surface area contributed by atoms with Crippen LogP contribution in [0, 0.1) is 11.2 Å². The minimum atomic E-state index is -1.31. The number of hydrogen-bond donors (Lipinski definition) is 3. The molecule has 1 aromatic rings. The van der Waals surface area contributed by atoms with Gasteiger partial charge in [0.05, 0.1) is 16.9 Å². The number of halogens is 1. The first kappa shape index (κ1) is 11.7. The fraction of sp³-hybridized carbons (Fsp3) is 0.417. The second-order valence-corrected chi connectivity index (χ2v) is 4.89. The van der Waals surface area contributed by atoms with Gasteiger partial charge in [0.15, 0.2) is 0 Å². The number of aromatic carboxylic acids is 1.